The van der Waals surface area contributed by atoms with E-state index in [0.717, 1.165) is 22.2 Å². The average molecular weight is 278 g/mol. The van der Waals surface area contributed by atoms with E-state index in [0.29, 0.717) is 12.3 Å². The third-order valence-corrected chi connectivity index (χ3v) is 3.16. The van der Waals surface area contributed by atoms with Crippen LogP contribution in [0.1, 0.15) is 5.56 Å². The Morgan fingerprint density at radius 2 is 2.14 bits per heavy atom. The molecule has 0 unspecified atom stereocenters. The molecule has 0 fully saturated rings. The third-order valence-electron chi connectivity index (χ3n) is 3.16. The van der Waals surface area contributed by atoms with Gasteiger partial charge in [-0.25, -0.2) is 0 Å². The Balaban J connectivity index is 1.73. The van der Waals surface area contributed by atoms with Gasteiger partial charge in [-0.05, 0) is 23.8 Å². The molecule has 0 aliphatic rings. The number of nitrogens with one attached hydrogen (secondary N) is 2. The van der Waals surface area contributed by atoms with Crippen LogP contribution in [0.5, 0.6) is 5.75 Å². The lowest BCUT2D eigenvalue weighted by molar-refractivity contribution is 0.368. The fourth-order valence-electron chi connectivity index (χ4n) is 2.17. The number of benzene rings is 2. The number of hydrogen-bond acceptors (Lipinski definition) is 4. The van der Waals surface area contributed by atoms with Gasteiger partial charge in [0.1, 0.15) is 11.8 Å². The van der Waals surface area contributed by atoms with Crippen LogP contribution < -0.4 is 10.1 Å². The minimum Gasteiger partial charge on any atom is -0.479 e. The van der Waals surface area contributed by atoms with Crippen molar-refractivity contribution in [1.29, 1.82) is 5.26 Å². The summed E-state index contributed by atoms with van der Waals surface area (Å²) in [5, 5.41) is 20.0. The molecule has 0 amide bonds. The largest absolute Gasteiger partial charge is 0.479 e. The maximum Gasteiger partial charge on any atom is 0.174 e. The number of fused-ring (bicyclic) bond motifs is 1. The van der Waals surface area contributed by atoms with Gasteiger partial charge in [-0.2, -0.15) is 10.4 Å². The van der Waals surface area contributed by atoms with Crippen molar-refractivity contribution in [2.75, 3.05) is 11.9 Å². The van der Waals surface area contributed by atoms with Crippen LogP contribution in [0.15, 0.2) is 48.7 Å². The molecule has 0 aliphatic heterocycles. The topological polar surface area (TPSA) is 73.7 Å². The van der Waals surface area contributed by atoms with Crippen molar-refractivity contribution in [1.82, 2.24) is 10.2 Å². The Bertz CT molecular complexity index is 788. The summed E-state index contributed by atoms with van der Waals surface area (Å²) in [6.45, 7) is 0.728. The van der Waals surface area contributed by atoms with Crippen LogP contribution in [0.2, 0.25) is 0 Å². The van der Waals surface area contributed by atoms with Gasteiger partial charge >= 0.3 is 0 Å². The maximum atomic E-state index is 8.53. The van der Waals surface area contributed by atoms with E-state index in [1.807, 2.05) is 48.5 Å². The van der Waals surface area contributed by atoms with Crippen molar-refractivity contribution < 1.29 is 4.74 Å². The number of aromatic amines is 1. The molecule has 0 saturated carbocycles. The first-order valence-electron chi connectivity index (χ1n) is 6.61. The Morgan fingerprint density at radius 3 is 3.05 bits per heavy atom. The number of aromatic nitrogens is 2. The Labute approximate surface area is 122 Å². The summed E-state index contributed by atoms with van der Waals surface area (Å²) in [7, 11) is 0. The van der Waals surface area contributed by atoms with Crippen molar-refractivity contribution in [2.24, 2.45) is 0 Å². The van der Waals surface area contributed by atoms with Gasteiger partial charge in [0.15, 0.2) is 6.61 Å². The highest BCUT2D eigenvalue weighted by Gasteiger charge is 2.03. The summed E-state index contributed by atoms with van der Waals surface area (Å²) in [4.78, 5) is 0. The molecule has 2 aromatic carbocycles. The Morgan fingerprint density at radius 1 is 1.24 bits per heavy atom. The van der Waals surface area contributed by atoms with Crippen LogP contribution in [0.3, 0.4) is 0 Å². The Hall–Kier alpha value is -3.00. The second-order valence-electron chi connectivity index (χ2n) is 4.59. The highest BCUT2D eigenvalue weighted by molar-refractivity contribution is 5.89. The van der Waals surface area contributed by atoms with Crippen LogP contribution in [-0.2, 0) is 6.54 Å². The molecule has 0 radical (unpaired) electrons. The van der Waals surface area contributed by atoms with Gasteiger partial charge in [0.25, 0.3) is 0 Å². The van der Waals surface area contributed by atoms with Gasteiger partial charge in [0, 0.05) is 11.9 Å². The molecule has 3 aromatic rings. The summed E-state index contributed by atoms with van der Waals surface area (Å²) >= 11 is 0. The van der Waals surface area contributed by atoms with E-state index in [9.17, 15) is 0 Å². The Kier molecular flexibility index (Phi) is 3.70. The van der Waals surface area contributed by atoms with Gasteiger partial charge < -0.3 is 10.1 Å². The van der Waals surface area contributed by atoms with E-state index in [4.69, 9.17) is 10.00 Å². The van der Waals surface area contributed by atoms with E-state index in [1.165, 1.54) is 0 Å². The van der Waals surface area contributed by atoms with Gasteiger partial charge in [0.05, 0.1) is 17.4 Å². The normalized spacial score (nSPS) is 10.2. The van der Waals surface area contributed by atoms with Crippen LogP contribution >= 0.6 is 0 Å². The molecule has 0 spiro atoms. The molecule has 0 bridgehead atoms. The maximum absolute atomic E-state index is 8.53. The van der Waals surface area contributed by atoms with E-state index in [-0.39, 0.29) is 6.61 Å². The number of rotatable bonds is 5. The third kappa shape index (κ3) is 2.95. The first-order chi connectivity index (χ1) is 10.4. The molecule has 5 heteroatoms. The van der Waals surface area contributed by atoms with Gasteiger partial charge in [-0.1, -0.05) is 24.3 Å². The van der Waals surface area contributed by atoms with Crippen LogP contribution in [0, 0.1) is 11.3 Å². The molecule has 0 atom stereocenters. The summed E-state index contributed by atoms with van der Waals surface area (Å²) in [5.41, 5.74) is 3.09. The van der Waals surface area contributed by atoms with Gasteiger partial charge in [0.2, 0.25) is 0 Å². The van der Waals surface area contributed by atoms with Gasteiger partial charge in [-0.15, -0.1) is 0 Å². The first kappa shape index (κ1) is 13.0. The summed E-state index contributed by atoms with van der Waals surface area (Å²) in [6.07, 6.45) is 1.80. The number of para-hydroxylation sites is 1. The number of nitriles is 1. The zero-order valence-corrected chi connectivity index (χ0v) is 11.3. The second kappa shape index (κ2) is 5.97. The standard InChI is InChI=1S/C16H14N4O/c17-7-8-21-14-5-1-3-12(9-14)10-18-15-6-2-4-13-11-19-20-16(13)15/h1-6,9,11,18H,8,10H2,(H,19,20). The molecule has 104 valence electrons. The lowest BCUT2D eigenvalue weighted by Crippen LogP contribution is -2.01. The predicted octanol–water partition coefficient (Wildman–Crippen LogP) is 3.08. The summed E-state index contributed by atoms with van der Waals surface area (Å²) < 4.78 is 5.30. The molecule has 0 aliphatic carbocycles. The molecule has 3 rings (SSSR count). The smallest absolute Gasteiger partial charge is 0.174 e. The molecule has 0 saturated heterocycles. The highest BCUT2D eigenvalue weighted by atomic mass is 16.5. The molecule has 21 heavy (non-hydrogen) atoms. The monoisotopic (exact) mass is 278 g/mol. The minimum absolute atomic E-state index is 0.0599. The van der Waals surface area contributed by atoms with Crippen molar-refractivity contribution >= 4 is 16.6 Å². The molecule has 1 aromatic heterocycles. The van der Waals surface area contributed by atoms with E-state index < -0.39 is 0 Å². The summed E-state index contributed by atoms with van der Waals surface area (Å²) in [5.74, 6) is 0.704. The number of H-pyrrole nitrogens is 1. The predicted molar refractivity (Wildman–Crippen MR) is 81.0 cm³/mol. The van der Waals surface area contributed by atoms with Gasteiger partial charge in [-0.3, -0.25) is 5.10 Å². The summed E-state index contributed by atoms with van der Waals surface area (Å²) in [6, 6.07) is 15.7. The molecule has 2 N–H and O–H groups in total. The SMILES string of the molecule is N#CCOc1cccc(CNc2cccc3cn[nH]c23)c1. The van der Waals surface area contributed by atoms with Crippen molar-refractivity contribution in [3.8, 4) is 11.8 Å². The molecular formula is C16H14N4O. The zero-order chi connectivity index (χ0) is 14.5. The molecule has 1 heterocycles. The van der Waals surface area contributed by atoms with E-state index in [2.05, 4.69) is 15.5 Å². The van der Waals surface area contributed by atoms with Crippen LogP contribution in [0.25, 0.3) is 10.9 Å². The second-order valence-corrected chi connectivity index (χ2v) is 4.59. The minimum atomic E-state index is 0.0599. The fourth-order valence-corrected chi connectivity index (χ4v) is 2.17. The van der Waals surface area contributed by atoms with Crippen molar-refractivity contribution in [3.63, 3.8) is 0 Å². The average Bonchev–Trinajstić information content (AvgIpc) is 3.00. The lowest BCUT2D eigenvalue weighted by atomic mass is 10.2. The van der Waals surface area contributed by atoms with Crippen LogP contribution in [-0.4, -0.2) is 16.8 Å². The van der Waals surface area contributed by atoms with Crippen LogP contribution in [0.4, 0.5) is 5.69 Å². The van der Waals surface area contributed by atoms with Crippen molar-refractivity contribution in [2.45, 2.75) is 6.54 Å². The lowest BCUT2D eigenvalue weighted by Gasteiger charge is -2.09. The highest BCUT2D eigenvalue weighted by Crippen LogP contribution is 2.21. The van der Waals surface area contributed by atoms with E-state index in [1.54, 1.807) is 6.20 Å². The fraction of sp³-hybridized carbons (Fsp3) is 0.125. The number of hydrogen-bond donors (Lipinski definition) is 2. The first-order valence-corrected chi connectivity index (χ1v) is 6.61. The number of ether oxygens (including phenoxy) is 1. The molecular weight excluding hydrogens is 264 g/mol. The quantitative estimate of drug-likeness (QED) is 0.752. The zero-order valence-electron chi connectivity index (χ0n) is 11.3. The van der Waals surface area contributed by atoms with Crippen molar-refractivity contribution in [3.05, 3.63) is 54.2 Å². The van der Waals surface area contributed by atoms with E-state index >= 15 is 0 Å². The number of nitrogens with zero attached hydrogens (tertiary/aromatic N) is 2. The molecule has 5 nitrogen and oxygen atoms in total. The number of anilines is 1.